The molecular weight excluding hydrogens is 266 g/mol. The van der Waals surface area contributed by atoms with Crippen molar-refractivity contribution in [2.75, 3.05) is 31.1 Å². The maximum absolute atomic E-state index is 12.2. The molecule has 1 aliphatic heterocycles. The molecule has 0 unspecified atom stereocenters. The number of nitrogen functional groups attached to an aromatic ring is 1. The zero-order valence-corrected chi connectivity index (χ0v) is 11.5. The number of hydrogen-bond donors (Lipinski definition) is 2. The lowest BCUT2D eigenvalue weighted by molar-refractivity contribution is 0.220. The van der Waals surface area contributed by atoms with Crippen LogP contribution in [-0.4, -0.2) is 44.7 Å². The number of carbonyl (C=O) groups is 1. The van der Waals surface area contributed by atoms with Gasteiger partial charge in [-0.15, -0.1) is 0 Å². The number of anilines is 1. The SMILES string of the molecule is Cc1ccc(N)c(S(=O)(=O)CCN2CCNC2=O)c1. The van der Waals surface area contributed by atoms with Gasteiger partial charge in [0.1, 0.15) is 0 Å². The molecule has 0 radical (unpaired) electrons. The topological polar surface area (TPSA) is 92.5 Å². The van der Waals surface area contributed by atoms with Crippen molar-refractivity contribution in [2.45, 2.75) is 11.8 Å². The van der Waals surface area contributed by atoms with Crippen molar-refractivity contribution in [3.8, 4) is 0 Å². The number of rotatable bonds is 4. The van der Waals surface area contributed by atoms with Crippen molar-refractivity contribution < 1.29 is 13.2 Å². The molecule has 104 valence electrons. The molecule has 1 saturated heterocycles. The van der Waals surface area contributed by atoms with Crippen molar-refractivity contribution in [2.24, 2.45) is 0 Å². The number of nitrogens with zero attached hydrogens (tertiary/aromatic N) is 1. The van der Waals surface area contributed by atoms with E-state index < -0.39 is 9.84 Å². The van der Waals surface area contributed by atoms with Gasteiger partial charge in [0.2, 0.25) is 0 Å². The summed E-state index contributed by atoms with van der Waals surface area (Å²) in [7, 11) is -3.47. The van der Waals surface area contributed by atoms with Crippen LogP contribution < -0.4 is 11.1 Å². The van der Waals surface area contributed by atoms with E-state index in [4.69, 9.17) is 5.73 Å². The van der Waals surface area contributed by atoms with Crippen molar-refractivity contribution in [3.63, 3.8) is 0 Å². The molecule has 1 fully saturated rings. The number of benzene rings is 1. The average Bonchev–Trinajstić information content (AvgIpc) is 2.75. The molecule has 0 bridgehead atoms. The number of urea groups is 1. The predicted molar refractivity (Wildman–Crippen MR) is 72.6 cm³/mol. The van der Waals surface area contributed by atoms with Crippen LogP contribution in [0.4, 0.5) is 10.5 Å². The molecule has 2 rings (SSSR count). The third kappa shape index (κ3) is 2.98. The molecule has 1 aliphatic rings. The van der Waals surface area contributed by atoms with E-state index in [1.54, 1.807) is 18.2 Å². The second-order valence-electron chi connectivity index (χ2n) is 4.58. The normalized spacial score (nSPS) is 15.6. The number of amides is 2. The Morgan fingerprint density at radius 3 is 2.79 bits per heavy atom. The van der Waals surface area contributed by atoms with Crippen LogP contribution in [0.5, 0.6) is 0 Å². The van der Waals surface area contributed by atoms with Gasteiger partial charge in [-0.1, -0.05) is 6.07 Å². The molecule has 2 amide bonds. The number of sulfone groups is 1. The predicted octanol–water partition coefficient (Wildman–Crippen LogP) is 0.376. The van der Waals surface area contributed by atoms with E-state index in [1.165, 1.54) is 4.90 Å². The van der Waals surface area contributed by atoms with Crippen LogP contribution in [-0.2, 0) is 9.84 Å². The first-order valence-electron chi connectivity index (χ1n) is 6.02. The Morgan fingerprint density at radius 1 is 1.42 bits per heavy atom. The van der Waals surface area contributed by atoms with E-state index in [1.807, 2.05) is 6.92 Å². The van der Waals surface area contributed by atoms with Crippen LogP contribution in [0.2, 0.25) is 0 Å². The Labute approximate surface area is 112 Å². The molecule has 7 heteroatoms. The fourth-order valence-electron chi connectivity index (χ4n) is 1.98. The van der Waals surface area contributed by atoms with E-state index >= 15 is 0 Å². The molecule has 3 N–H and O–H groups in total. The first-order chi connectivity index (χ1) is 8.90. The molecule has 0 spiro atoms. The average molecular weight is 283 g/mol. The molecule has 0 aliphatic carbocycles. The first-order valence-corrected chi connectivity index (χ1v) is 7.67. The quantitative estimate of drug-likeness (QED) is 0.781. The fraction of sp³-hybridized carbons (Fsp3) is 0.417. The molecule has 0 saturated carbocycles. The van der Waals surface area contributed by atoms with Crippen LogP contribution in [0.1, 0.15) is 5.56 Å². The summed E-state index contributed by atoms with van der Waals surface area (Å²) in [6.45, 7) is 3.09. The lowest BCUT2D eigenvalue weighted by atomic mass is 10.2. The van der Waals surface area contributed by atoms with Gasteiger partial charge in [-0.3, -0.25) is 0 Å². The van der Waals surface area contributed by atoms with Crippen molar-refractivity contribution in [1.29, 1.82) is 0 Å². The molecule has 1 aromatic carbocycles. The maximum Gasteiger partial charge on any atom is 0.317 e. The second kappa shape index (κ2) is 5.08. The summed E-state index contributed by atoms with van der Waals surface area (Å²) in [5.74, 6) is -0.117. The highest BCUT2D eigenvalue weighted by Gasteiger charge is 2.24. The van der Waals surface area contributed by atoms with Gasteiger partial charge in [-0.05, 0) is 24.6 Å². The van der Waals surface area contributed by atoms with E-state index in [0.717, 1.165) is 5.56 Å². The zero-order chi connectivity index (χ0) is 14.0. The van der Waals surface area contributed by atoms with Crippen molar-refractivity contribution >= 4 is 21.6 Å². The smallest absolute Gasteiger partial charge is 0.317 e. The second-order valence-corrected chi connectivity index (χ2v) is 6.66. The standard InChI is InChI=1S/C12H17N3O3S/c1-9-2-3-10(13)11(8-9)19(17,18)7-6-15-5-4-14-12(15)16/h2-3,8H,4-7,13H2,1H3,(H,14,16). The minimum atomic E-state index is -3.47. The summed E-state index contributed by atoms with van der Waals surface area (Å²) in [5, 5.41) is 2.63. The summed E-state index contributed by atoms with van der Waals surface area (Å²) in [6, 6.07) is 4.70. The van der Waals surface area contributed by atoms with Gasteiger partial charge in [0, 0.05) is 19.6 Å². The Balaban J connectivity index is 2.14. The number of carbonyl (C=O) groups excluding carboxylic acids is 1. The Kier molecular flexibility index (Phi) is 3.66. The third-order valence-corrected chi connectivity index (χ3v) is 4.82. The Morgan fingerprint density at radius 2 is 2.16 bits per heavy atom. The van der Waals surface area contributed by atoms with Gasteiger partial charge in [0.15, 0.2) is 9.84 Å². The molecule has 6 nitrogen and oxygen atoms in total. The van der Waals surface area contributed by atoms with Gasteiger partial charge in [0.25, 0.3) is 0 Å². The number of nitrogens with two attached hydrogens (primary N) is 1. The van der Waals surface area contributed by atoms with Crippen molar-refractivity contribution in [1.82, 2.24) is 10.2 Å². The van der Waals surface area contributed by atoms with E-state index in [0.29, 0.717) is 13.1 Å². The highest BCUT2D eigenvalue weighted by molar-refractivity contribution is 7.91. The zero-order valence-electron chi connectivity index (χ0n) is 10.7. The van der Waals surface area contributed by atoms with Gasteiger partial charge in [-0.2, -0.15) is 0 Å². The Hall–Kier alpha value is -1.76. The largest absolute Gasteiger partial charge is 0.398 e. The number of hydrogen-bond acceptors (Lipinski definition) is 4. The molecule has 1 aromatic rings. The highest BCUT2D eigenvalue weighted by atomic mass is 32.2. The molecule has 0 aromatic heterocycles. The lowest BCUT2D eigenvalue weighted by Crippen LogP contribution is -2.32. The third-order valence-electron chi connectivity index (χ3n) is 3.08. The van der Waals surface area contributed by atoms with Crippen LogP contribution in [0.15, 0.2) is 23.1 Å². The van der Waals surface area contributed by atoms with Crippen LogP contribution in [0, 0.1) is 6.92 Å². The van der Waals surface area contributed by atoms with Gasteiger partial charge < -0.3 is 16.0 Å². The summed E-state index contributed by atoms with van der Waals surface area (Å²) < 4.78 is 24.5. The van der Waals surface area contributed by atoms with Gasteiger partial charge >= 0.3 is 6.03 Å². The van der Waals surface area contributed by atoms with Gasteiger partial charge in [-0.25, -0.2) is 13.2 Å². The van der Waals surface area contributed by atoms with E-state index in [-0.39, 0.29) is 28.9 Å². The minimum Gasteiger partial charge on any atom is -0.398 e. The monoisotopic (exact) mass is 283 g/mol. The summed E-state index contributed by atoms with van der Waals surface area (Å²) in [4.78, 5) is 13.0. The van der Waals surface area contributed by atoms with Crippen LogP contribution in [0.25, 0.3) is 0 Å². The first kappa shape index (κ1) is 13.7. The molecule has 0 atom stereocenters. The van der Waals surface area contributed by atoms with Crippen LogP contribution >= 0.6 is 0 Å². The molecular formula is C12H17N3O3S. The summed E-state index contributed by atoms with van der Waals surface area (Å²) in [6.07, 6.45) is 0. The minimum absolute atomic E-state index is 0.117. The lowest BCUT2D eigenvalue weighted by Gasteiger charge is -2.14. The Bertz CT molecular complexity index is 598. The maximum atomic E-state index is 12.2. The van der Waals surface area contributed by atoms with Gasteiger partial charge in [0.05, 0.1) is 16.3 Å². The summed E-state index contributed by atoms with van der Waals surface area (Å²) in [5.41, 5.74) is 6.80. The highest BCUT2D eigenvalue weighted by Crippen LogP contribution is 2.21. The number of nitrogens with one attached hydrogen (secondary N) is 1. The molecule has 19 heavy (non-hydrogen) atoms. The van der Waals surface area contributed by atoms with E-state index in [9.17, 15) is 13.2 Å². The fourth-order valence-corrected chi connectivity index (χ4v) is 3.45. The summed E-state index contributed by atoms with van der Waals surface area (Å²) >= 11 is 0. The van der Waals surface area contributed by atoms with Crippen LogP contribution in [0.3, 0.4) is 0 Å². The van der Waals surface area contributed by atoms with E-state index in [2.05, 4.69) is 5.32 Å². The number of aryl methyl sites for hydroxylation is 1. The molecule has 1 heterocycles. The van der Waals surface area contributed by atoms with Crippen molar-refractivity contribution in [3.05, 3.63) is 23.8 Å².